The molecular weight excluding hydrogens is 290 g/mol. The van der Waals surface area contributed by atoms with Crippen LogP contribution in [0.15, 0.2) is 53.6 Å². The van der Waals surface area contributed by atoms with Crippen molar-refractivity contribution in [1.82, 2.24) is 14.9 Å². The molecule has 2 heterocycles. The summed E-state index contributed by atoms with van der Waals surface area (Å²) in [6.07, 6.45) is 3.14. The van der Waals surface area contributed by atoms with E-state index in [9.17, 15) is 9.59 Å². The fraction of sp³-hybridized carbons (Fsp3) is 0.167. The molecule has 0 saturated carbocycles. The number of rotatable bonds is 3. The molecule has 1 amide bonds. The minimum absolute atomic E-state index is 0.165. The van der Waals surface area contributed by atoms with Crippen LogP contribution in [0.4, 0.5) is 0 Å². The highest BCUT2D eigenvalue weighted by Crippen LogP contribution is 2.14. The van der Waals surface area contributed by atoms with Crippen LogP contribution in [0.3, 0.4) is 0 Å². The molecule has 116 valence electrons. The number of aryl methyl sites for hydroxylation is 1. The first-order chi connectivity index (χ1) is 11.0. The van der Waals surface area contributed by atoms with Crippen molar-refractivity contribution in [3.05, 3.63) is 75.8 Å². The summed E-state index contributed by atoms with van der Waals surface area (Å²) in [5, 5.41) is 0.951. The van der Waals surface area contributed by atoms with Crippen LogP contribution in [0.1, 0.15) is 21.5 Å². The topological polar surface area (TPSA) is 66.1 Å². The fourth-order valence-electron chi connectivity index (χ4n) is 2.51. The van der Waals surface area contributed by atoms with E-state index in [4.69, 9.17) is 0 Å². The highest BCUT2D eigenvalue weighted by atomic mass is 16.2. The van der Waals surface area contributed by atoms with E-state index in [1.165, 1.54) is 11.1 Å². The predicted molar refractivity (Wildman–Crippen MR) is 89.3 cm³/mol. The van der Waals surface area contributed by atoms with Gasteiger partial charge in [0, 0.05) is 30.5 Å². The predicted octanol–water partition coefficient (Wildman–Crippen LogP) is 2.50. The van der Waals surface area contributed by atoms with Gasteiger partial charge in [-0.15, -0.1) is 0 Å². The maximum atomic E-state index is 12.3. The molecule has 1 N–H and O–H groups in total. The minimum Gasteiger partial charge on any atom is -0.337 e. The van der Waals surface area contributed by atoms with E-state index >= 15 is 0 Å². The summed E-state index contributed by atoms with van der Waals surface area (Å²) in [6.45, 7) is 2.22. The molecule has 0 bridgehead atoms. The number of hydrogen-bond acceptors (Lipinski definition) is 3. The van der Waals surface area contributed by atoms with Crippen molar-refractivity contribution in [3.63, 3.8) is 0 Å². The molecule has 23 heavy (non-hydrogen) atoms. The third-order valence-corrected chi connectivity index (χ3v) is 3.74. The molecule has 0 saturated heterocycles. The van der Waals surface area contributed by atoms with Crippen LogP contribution in [0, 0.1) is 6.92 Å². The normalized spacial score (nSPS) is 10.7. The smallest absolute Gasteiger partial charge is 0.255 e. The first-order valence-corrected chi connectivity index (χ1v) is 7.32. The highest BCUT2D eigenvalue weighted by molar-refractivity contribution is 5.93. The van der Waals surface area contributed by atoms with Crippen LogP contribution >= 0.6 is 0 Å². The zero-order valence-electron chi connectivity index (χ0n) is 13.0. The van der Waals surface area contributed by atoms with Crippen molar-refractivity contribution >= 4 is 16.8 Å². The lowest BCUT2D eigenvalue weighted by Crippen LogP contribution is -2.29. The average molecular weight is 307 g/mol. The Morgan fingerprint density at radius 3 is 2.83 bits per heavy atom. The summed E-state index contributed by atoms with van der Waals surface area (Å²) in [7, 11) is 1.67. The zero-order chi connectivity index (χ0) is 16.4. The maximum Gasteiger partial charge on any atom is 0.255 e. The van der Waals surface area contributed by atoms with E-state index in [2.05, 4.69) is 9.97 Å². The molecule has 1 aromatic carbocycles. The number of pyridine rings is 2. The number of carbonyl (C=O) groups is 1. The van der Waals surface area contributed by atoms with E-state index in [1.54, 1.807) is 25.4 Å². The van der Waals surface area contributed by atoms with Crippen molar-refractivity contribution in [1.29, 1.82) is 0 Å². The van der Waals surface area contributed by atoms with Crippen molar-refractivity contribution in [2.45, 2.75) is 13.5 Å². The molecular formula is C18H17N3O2. The van der Waals surface area contributed by atoms with Gasteiger partial charge in [0.25, 0.3) is 11.5 Å². The number of hydrogen-bond donors (Lipinski definition) is 1. The van der Waals surface area contributed by atoms with Crippen LogP contribution in [0.2, 0.25) is 0 Å². The largest absolute Gasteiger partial charge is 0.337 e. The SMILES string of the molecule is Cc1ccc2cc(CN(C)C(=O)c3cccnc3)c(=O)[nH]c2c1. The Kier molecular flexibility index (Phi) is 3.93. The Morgan fingerprint density at radius 1 is 1.26 bits per heavy atom. The molecule has 5 nitrogen and oxygen atoms in total. The molecule has 2 aromatic heterocycles. The van der Waals surface area contributed by atoms with E-state index < -0.39 is 0 Å². The number of carbonyl (C=O) groups excluding carboxylic acids is 1. The lowest BCUT2D eigenvalue weighted by Gasteiger charge is -2.17. The third-order valence-electron chi connectivity index (χ3n) is 3.74. The van der Waals surface area contributed by atoms with Gasteiger partial charge in [-0.05, 0) is 42.1 Å². The summed E-state index contributed by atoms with van der Waals surface area (Å²) >= 11 is 0. The number of nitrogens with zero attached hydrogens (tertiary/aromatic N) is 2. The third kappa shape index (κ3) is 3.13. The lowest BCUT2D eigenvalue weighted by atomic mass is 10.1. The maximum absolute atomic E-state index is 12.3. The molecule has 3 aromatic rings. The molecule has 3 rings (SSSR count). The van der Waals surface area contributed by atoms with Gasteiger partial charge in [-0.3, -0.25) is 14.6 Å². The van der Waals surface area contributed by atoms with E-state index in [0.717, 1.165) is 16.5 Å². The minimum atomic E-state index is -0.172. The van der Waals surface area contributed by atoms with E-state index in [0.29, 0.717) is 11.1 Å². The van der Waals surface area contributed by atoms with Gasteiger partial charge in [0.2, 0.25) is 0 Å². The van der Waals surface area contributed by atoms with Gasteiger partial charge in [0.1, 0.15) is 0 Å². The van der Waals surface area contributed by atoms with Crippen LogP contribution in [0.25, 0.3) is 10.9 Å². The van der Waals surface area contributed by atoms with Crippen LogP contribution in [-0.2, 0) is 6.54 Å². The Hall–Kier alpha value is -2.95. The van der Waals surface area contributed by atoms with E-state index in [1.807, 2.05) is 31.2 Å². The number of aromatic nitrogens is 2. The second-order valence-electron chi connectivity index (χ2n) is 5.62. The first-order valence-electron chi connectivity index (χ1n) is 7.32. The summed E-state index contributed by atoms with van der Waals surface area (Å²) in [5.74, 6) is -0.165. The first kappa shape index (κ1) is 15.0. The second-order valence-corrected chi connectivity index (χ2v) is 5.62. The van der Waals surface area contributed by atoms with Crippen molar-refractivity contribution in [2.24, 2.45) is 0 Å². The fourth-order valence-corrected chi connectivity index (χ4v) is 2.51. The zero-order valence-corrected chi connectivity index (χ0v) is 13.0. The van der Waals surface area contributed by atoms with Gasteiger partial charge in [-0.1, -0.05) is 12.1 Å². The summed E-state index contributed by atoms with van der Waals surface area (Å²) in [5.41, 5.74) is 2.78. The Bertz CT molecular complexity index is 916. The van der Waals surface area contributed by atoms with Gasteiger partial charge >= 0.3 is 0 Å². The van der Waals surface area contributed by atoms with Crippen LogP contribution in [0.5, 0.6) is 0 Å². The highest BCUT2D eigenvalue weighted by Gasteiger charge is 2.14. The number of amides is 1. The Balaban J connectivity index is 1.89. The second kappa shape index (κ2) is 6.04. The summed E-state index contributed by atoms with van der Waals surface area (Å²) in [4.78, 5) is 32.9. The number of benzene rings is 1. The van der Waals surface area contributed by atoms with Gasteiger partial charge in [-0.2, -0.15) is 0 Å². The Morgan fingerprint density at radius 2 is 2.09 bits per heavy atom. The monoisotopic (exact) mass is 307 g/mol. The number of aromatic amines is 1. The lowest BCUT2D eigenvalue weighted by molar-refractivity contribution is 0.0784. The number of nitrogens with one attached hydrogen (secondary N) is 1. The van der Waals surface area contributed by atoms with Gasteiger partial charge in [0.15, 0.2) is 0 Å². The molecule has 0 fully saturated rings. The average Bonchev–Trinajstić information content (AvgIpc) is 2.55. The number of fused-ring (bicyclic) bond motifs is 1. The molecule has 0 atom stereocenters. The van der Waals surface area contributed by atoms with Gasteiger partial charge in [0.05, 0.1) is 12.1 Å². The van der Waals surface area contributed by atoms with Crippen molar-refractivity contribution in [2.75, 3.05) is 7.05 Å². The molecule has 0 aliphatic carbocycles. The molecule has 0 spiro atoms. The molecule has 0 radical (unpaired) electrons. The standard InChI is InChI=1S/C18H17N3O2/c1-12-5-6-13-9-15(17(22)20-16(13)8-12)11-21(2)18(23)14-4-3-7-19-10-14/h3-10H,11H2,1-2H3,(H,20,22). The number of H-pyrrole nitrogens is 1. The quantitative estimate of drug-likeness (QED) is 0.808. The van der Waals surface area contributed by atoms with Crippen LogP contribution in [-0.4, -0.2) is 27.8 Å². The molecule has 5 heteroatoms. The summed E-state index contributed by atoms with van der Waals surface area (Å²) < 4.78 is 0. The molecule has 0 aliphatic rings. The van der Waals surface area contributed by atoms with Gasteiger partial charge < -0.3 is 9.88 Å². The van der Waals surface area contributed by atoms with E-state index in [-0.39, 0.29) is 18.0 Å². The van der Waals surface area contributed by atoms with Crippen molar-refractivity contribution in [3.8, 4) is 0 Å². The molecule has 0 unspecified atom stereocenters. The van der Waals surface area contributed by atoms with Crippen LogP contribution < -0.4 is 5.56 Å². The summed E-state index contributed by atoms with van der Waals surface area (Å²) in [6, 6.07) is 11.2. The Labute approximate surface area is 133 Å². The van der Waals surface area contributed by atoms with Gasteiger partial charge in [-0.25, -0.2) is 0 Å². The molecule has 0 aliphatic heterocycles. The van der Waals surface area contributed by atoms with Crippen molar-refractivity contribution < 1.29 is 4.79 Å².